The lowest BCUT2D eigenvalue weighted by Gasteiger charge is -2.42. The molecule has 2 nitrogen and oxygen atoms in total. The molecule has 31 heavy (non-hydrogen) atoms. The van der Waals surface area contributed by atoms with Gasteiger partial charge in [0.1, 0.15) is 13.8 Å². The molecule has 2 rings (SSSR count). The van der Waals surface area contributed by atoms with Gasteiger partial charge in [-0.05, 0) is 76.8 Å². The van der Waals surface area contributed by atoms with Crippen molar-refractivity contribution in [1.82, 2.24) is 0 Å². The van der Waals surface area contributed by atoms with Crippen LogP contribution in [0.25, 0.3) is 11.3 Å². The third kappa shape index (κ3) is 4.79. The molecule has 0 amide bonds. The Morgan fingerprint density at radius 1 is 1.16 bits per heavy atom. The summed E-state index contributed by atoms with van der Waals surface area (Å²) < 4.78 is 4.26. The monoisotopic (exact) mass is 416 g/mol. The second-order valence-corrected chi connectivity index (χ2v) is 8.97. The van der Waals surface area contributed by atoms with E-state index in [-0.39, 0.29) is 11.0 Å². The zero-order chi connectivity index (χ0) is 23.2. The number of hydrogen-bond acceptors (Lipinski definition) is 0. The van der Waals surface area contributed by atoms with E-state index in [4.69, 9.17) is 0 Å². The Labute approximate surface area is 190 Å². The minimum atomic E-state index is -0.320. The molecule has 1 aromatic heterocycles. The Hall–Kier alpha value is -2.74. The highest BCUT2D eigenvalue weighted by molar-refractivity contribution is 5.61. The van der Waals surface area contributed by atoms with Gasteiger partial charge in [-0.15, -0.1) is 0 Å². The highest BCUT2D eigenvalue weighted by Gasteiger charge is 2.50. The van der Waals surface area contributed by atoms with E-state index in [2.05, 4.69) is 119 Å². The molecule has 2 heteroatoms. The molecule has 2 aromatic rings. The Balaban J connectivity index is 2.52. The van der Waals surface area contributed by atoms with E-state index in [0.29, 0.717) is 0 Å². The molecular formula is C29H40N2+2. The summed E-state index contributed by atoms with van der Waals surface area (Å²) >= 11 is 0. The molecule has 1 heterocycles. The van der Waals surface area contributed by atoms with Crippen LogP contribution in [0.1, 0.15) is 52.2 Å². The van der Waals surface area contributed by atoms with Crippen molar-refractivity contribution < 1.29 is 9.14 Å². The smallest absolute Gasteiger partial charge is 0.202 e. The zero-order valence-corrected chi connectivity index (χ0v) is 20.6. The van der Waals surface area contributed by atoms with Crippen LogP contribution in [0.4, 0.5) is 0 Å². The number of benzene rings is 1. The summed E-state index contributed by atoms with van der Waals surface area (Å²) in [5, 5.41) is 0. The van der Waals surface area contributed by atoms with Gasteiger partial charge in [0.25, 0.3) is 0 Å². The van der Waals surface area contributed by atoms with Gasteiger partial charge in [0.05, 0.1) is 5.41 Å². The zero-order valence-electron chi connectivity index (χ0n) is 20.6. The molecule has 0 aliphatic heterocycles. The molecule has 0 bridgehead atoms. The van der Waals surface area contributed by atoms with Crippen molar-refractivity contribution in [2.24, 2.45) is 12.5 Å². The molecule has 2 atom stereocenters. The van der Waals surface area contributed by atoms with E-state index in [1.807, 2.05) is 19.2 Å². The summed E-state index contributed by atoms with van der Waals surface area (Å²) in [6, 6.07) is 13.2. The number of aromatic nitrogens is 1. The van der Waals surface area contributed by atoms with Crippen LogP contribution in [0.2, 0.25) is 0 Å². The van der Waals surface area contributed by atoms with Gasteiger partial charge >= 0.3 is 0 Å². The van der Waals surface area contributed by atoms with Gasteiger partial charge in [0.15, 0.2) is 17.9 Å². The number of hydrogen-bond donors (Lipinski definition) is 0. The van der Waals surface area contributed by atoms with Crippen molar-refractivity contribution in [3.05, 3.63) is 90.3 Å². The lowest BCUT2D eigenvalue weighted by molar-refractivity contribution is -0.660. The number of nitrogens with zero attached hydrogens (tertiary/aromatic N) is 2. The highest BCUT2D eigenvalue weighted by Crippen LogP contribution is 2.45. The minimum absolute atomic E-state index is 0.132. The normalized spacial score (nSPS) is 16.0. The fourth-order valence-corrected chi connectivity index (χ4v) is 4.48. The molecule has 2 unspecified atom stereocenters. The number of aryl methyl sites for hydroxylation is 3. The fourth-order valence-electron chi connectivity index (χ4n) is 4.48. The van der Waals surface area contributed by atoms with Crippen molar-refractivity contribution in [2.45, 2.75) is 59.9 Å². The summed E-state index contributed by atoms with van der Waals surface area (Å²) in [5.41, 5.74) is 6.09. The van der Waals surface area contributed by atoms with Gasteiger partial charge in [-0.25, -0.2) is 9.14 Å². The number of pyridine rings is 1. The molecule has 0 saturated heterocycles. The third-order valence-electron chi connectivity index (χ3n) is 7.24. The predicted molar refractivity (Wildman–Crippen MR) is 134 cm³/mol. The summed E-state index contributed by atoms with van der Waals surface area (Å²) in [6.07, 6.45) is 12.5. The topological polar surface area (TPSA) is 6.89 Å². The first kappa shape index (κ1) is 24.5. The Morgan fingerprint density at radius 3 is 2.45 bits per heavy atom. The maximum Gasteiger partial charge on any atom is 0.212 e. The lowest BCUT2D eigenvalue weighted by atomic mass is 9.63. The summed E-state index contributed by atoms with van der Waals surface area (Å²) in [7, 11) is 2.12. The van der Waals surface area contributed by atoms with Crippen LogP contribution in [0.15, 0.2) is 79.2 Å². The largest absolute Gasteiger partial charge is 0.212 e. The van der Waals surface area contributed by atoms with Gasteiger partial charge in [-0.1, -0.05) is 36.4 Å². The van der Waals surface area contributed by atoms with Crippen LogP contribution in [0, 0.1) is 12.3 Å². The third-order valence-corrected chi connectivity index (χ3v) is 7.24. The quantitative estimate of drug-likeness (QED) is 0.247. The summed E-state index contributed by atoms with van der Waals surface area (Å²) in [5.74, 6) is 0. The Kier molecular flexibility index (Phi) is 7.95. The first-order valence-electron chi connectivity index (χ1n) is 11.2. The minimum Gasteiger partial charge on any atom is -0.202 e. The average molecular weight is 417 g/mol. The van der Waals surface area contributed by atoms with E-state index in [1.54, 1.807) is 0 Å². The first-order valence-corrected chi connectivity index (χ1v) is 11.2. The maximum atomic E-state index is 4.34. The van der Waals surface area contributed by atoms with Crippen molar-refractivity contribution >= 4 is 6.72 Å². The van der Waals surface area contributed by atoms with Gasteiger partial charge in [-0.3, -0.25) is 0 Å². The first-order chi connectivity index (χ1) is 14.6. The SMILES string of the molecule is C=CC(C)([N+](=C)/C=C\C)C(C)(CCc1ccccc1-c1cc(C)cc[n+]1C)/C(C)=C/C. The van der Waals surface area contributed by atoms with Crippen molar-refractivity contribution in [2.75, 3.05) is 0 Å². The van der Waals surface area contributed by atoms with Crippen molar-refractivity contribution in [3.8, 4) is 11.3 Å². The summed E-state index contributed by atoms with van der Waals surface area (Å²) in [4.78, 5) is 0. The van der Waals surface area contributed by atoms with Gasteiger partial charge in [0, 0.05) is 24.6 Å². The molecule has 0 aliphatic carbocycles. The molecule has 0 saturated carbocycles. The van der Waals surface area contributed by atoms with E-state index < -0.39 is 0 Å². The van der Waals surface area contributed by atoms with Crippen molar-refractivity contribution in [1.29, 1.82) is 0 Å². The van der Waals surface area contributed by atoms with E-state index in [0.717, 1.165) is 12.8 Å². The highest BCUT2D eigenvalue weighted by atomic mass is 15.1. The summed E-state index contributed by atoms with van der Waals surface area (Å²) in [6.45, 7) is 21.7. The van der Waals surface area contributed by atoms with Crippen LogP contribution in [0.5, 0.6) is 0 Å². The lowest BCUT2D eigenvalue weighted by Crippen LogP contribution is -2.50. The second kappa shape index (κ2) is 10.0. The van der Waals surface area contributed by atoms with Crippen LogP contribution in [-0.2, 0) is 13.5 Å². The predicted octanol–water partition coefficient (Wildman–Crippen LogP) is 6.58. The van der Waals surface area contributed by atoms with Crippen LogP contribution in [-0.4, -0.2) is 16.8 Å². The average Bonchev–Trinajstić information content (AvgIpc) is 2.78. The number of rotatable bonds is 9. The fraction of sp³-hybridized carbons (Fsp3) is 0.379. The molecule has 164 valence electrons. The maximum absolute atomic E-state index is 4.34. The Morgan fingerprint density at radius 2 is 1.84 bits per heavy atom. The molecule has 0 fully saturated rings. The van der Waals surface area contributed by atoms with Gasteiger partial charge in [-0.2, -0.15) is 0 Å². The Bertz CT molecular complexity index is 1010. The van der Waals surface area contributed by atoms with Crippen LogP contribution < -0.4 is 4.57 Å². The molecule has 0 N–H and O–H groups in total. The molecule has 1 aromatic carbocycles. The van der Waals surface area contributed by atoms with Crippen LogP contribution >= 0.6 is 0 Å². The second-order valence-electron chi connectivity index (χ2n) is 8.97. The van der Waals surface area contributed by atoms with Gasteiger partial charge in [0.2, 0.25) is 5.69 Å². The van der Waals surface area contributed by atoms with E-state index in [9.17, 15) is 0 Å². The molecular weight excluding hydrogens is 376 g/mol. The standard InChI is InChI=1S/C29H40N2/c1-10-20-31(9)29(7,12-3)28(6,24(5)11-2)19-17-25-15-13-14-16-26(25)27-22-23(4)18-21-30(27)8/h10-16,18,20-22H,3,9,17,19H2,1-2,4-8H3/q+2/b20-10-,24-11+. The molecule has 0 aliphatic rings. The van der Waals surface area contributed by atoms with Crippen molar-refractivity contribution in [3.63, 3.8) is 0 Å². The van der Waals surface area contributed by atoms with Gasteiger partial charge < -0.3 is 0 Å². The number of allylic oxidation sites excluding steroid dienone is 2. The van der Waals surface area contributed by atoms with Crippen LogP contribution in [0.3, 0.4) is 0 Å². The van der Waals surface area contributed by atoms with E-state index >= 15 is 0 Å². The van der Waals surface area contributed by atoms with E-state index in [1.165, 1.54) is 28.0 Å². The molecule has 0 radical (unpaired) electrons. The molecule has 0 spiro atoms.